The molecule has 0 aliphatic rings. The second-order valence-corrected chi connectivity index (χ2v) is 6.47. The van der Waals surface area contributed by atoms with Crippen LogP contribution in [-0.2, 0) is 13.0 Å². The topological polar surface area (TPSA) is 64.4 Å². The number of para-hydroxylation sites is 1. The number of rotatable bonds is 7. The number of hydrogen-bond donors (Lipinski definition) is 1. The van der Waals surface area contributed by atoms with Crippen LogP contribution in [0.2, 0.25) is 5.02 Å². The van der Waals surface area contributed by atoms with Crippen LogP contribution in [0.15, 0.2) is 47.6 Å². The Morgan fingerprint density at radius 3 is 2.74 bits per heavy atom. The molecule has 2 aromatic carbocycles. The van der Waals surface area contributed by atoms with Gasteiger partial charge in [0.2, 0.25) is 4.77 Å². The zero-order valence-electron chi connectivity index (χ0n) is 15.0. The van der Waals surface area contributed by atoms with E-state index in [2.05, 4.69) is 15.3 Å². The molecule has 0 bridgehead atoms. The molecule has 3 aromatic rings. The van der Waals surface area contributed by atoms with Crippen LogP contribution in [0.4, 0.5) is 0 Å². The summed E-state index contributed by atoms with van der Waals surface area (Å²) in [5.41, 5.74) is 1.77. The Morgan fingerprint density at radius 1 is 1.26 bits per heavy atom. The molecule has 0 saturated heterocycles. The molecule has 0 fully saturated rings. The van der Waals surface area contributed by atoms with Gasteiger partial charge in [0.1, 0.15) is 6.61 Å². The van der Waals surface area contributed by atoms with E-state index in [9.17, 15) is 0 Å². The molecule has 0 atom stereocenters. The van der Waals surface area contributed by atoms with Crippen LogP contribution < -0.4 is 9.47 Å². The summed E-state index contributed by atoms with van der Waals surface area (Å²) >= 11 is 11.2. The molecule has 1 heterocycles. The monoisotopic (exact) mass is 402 g/mol. The zero-order chi connectivity index (χ0) is 19.2. The molecular weight excluding hydrogens is 384 g/mol. The molecular formula is C19H19ClN4O2S. The average Bonchev–Trinajstić information content (AvgIpc) is 3.05. The van der Waals surface area contributed by atoms with Gasteiger partial charge in [0.05, 0.1) is 13.3 Å². The number of ether oxygens (including phenoxy) is 2. The summed E-state index contributed by atoms with van der Waals surface area (Å²) in [6.07, 6.45) is 2.40. The summed E-state index contributed by atoms with van der Waals surface area (Å²) in [6, 6.07) is 13.1. The highest BCUT2D eigenvalue weighted by atomic mass is 35.5. The van der Waals surface area contributed by atoms with E-state index < -0.39 is 0 Å². The Hall–Kier alpha value is -2.64. The van der Waals surface area contributed by atoms with Gasteiger partial charge in [0, 0.05) is 17.0 Å². The first-order valence-corrected chi connectivity index (χ1v) is 9.16. The van der Waals surface area contributed by atoms with E-state index in [1.165, 1.54) is 0 Å². The van der Waals surface area contributed by atoms with Gasteiger partial charge in [-0.3, -0.25) is 5.10 Å². The molecule has 8 heteroatoms. The fourth-order valence-corrected chi connectivity index (χ4v) is 2.80. The number of H-pyrrole nitrogens is 1. The van der Waals surface area contributed by atoms with Crippen LogP contribution in [0.25, 0.3) is 0 Å². The van der Waals surface area contributed by atoms with Gasteiger partial charge >= 0.3 is 0 Å². The third-order valence-corrected chi connectivity index (χ3v) is 4.39. The van der Waals surface area contributed by atoms with Crippen LogP contribution in [0, 0.1) is 4.77 Å². The lowest BCUT2D eigenvalue weighted by atomic mass is 10.2. The van der Waals surface area contributed by atoms with E-state index in [0.717, 1.165) is 17.0 Å². The second kappa shape index (κ2) is 8.83. The standard InChI is InChI=1S/C19H19ClN4O2S/c1-3-17-22-23-19(27)24(17)21-11-14-5-4-6-16(25-2)18(14)26-12-13-7-9-15(20)10-8-13/h4-11H,3,12H2,1-2H3,(H,23,27)/b21-11+. The van der Waals surface area contributed by atoms with Gasteiger partial charge in [-0.05, 0) is 42.0 Å². The molecule has 0 radical (unpaired) electrons. The van der Waals surface area contributed by atoms with E-state index in [1.807, 2.05) is 49.4 Å². The number of aryl methyl sites for hydroxylation is 1. The molecule has 1 aromatic heterocycles. The summed E-state index contributed by atoms with van der Waals surface area (Å²) in [7, 11) is 1.60. The van der Waals surface area contributed by atoms with Crippen molar-refractivity contribution in [1.82, 2.24) is 14.9 Å². The summed E-state index contributed by atoms with van der Waals surface area (Å²) < 4.78 is 13.5. The predicted molar refractivity (Wildman–Crippen MR) is 109 cm³/mol. The Labute approximate surface area is 167 Å². The fraction of sp³-hybridized carbons (Fsp3) is 0.211. The minimum atomic E-state index is 0.379. The van der Waals surface area contributed by atoms with E-state index in [4.69, 9.17) is 33.3 Å². The molecule has 27 heavy (non-hydrogen) atoms. The Morgan fingerprint density at radius 2 is 2.04 bits per heavy atom. The molecule has 140 valence electrons. The van der Waals surface area contributed by atoms with Crippen LogP contribution in [0.1, 0.15) is 23.9 Å². The SMILES string of the molecule is CCc1n[nH]c(=S)n1/N=C/c1cccc(OC)c1OCc1ccc(Cl)cc1. The van der Waals surface area contributed by atoms with Gasteiger partial charge in [-0.2, -0.15) is 14.9 Å². The van der Waals surface area contributed by atoms with Gasteiger partial charge in [-0.1, -0.05) is 36.7 Å². The molecule has 0 aliphatic carbocycles. The third kappa shape index (κ3) is 4.56. The third-order valence-electron chi connectivity index (χ3n) is 3.87. The summed E-state index contributed by atoms with van der Waals surface area (Å²) in [5.74, 6) is 1.98. The van der Waals surface area contributed by atoms with E-state index in [-0.39, 0.29) is 0 Å². The number of methoxy groups -OCH3 is 1. The normalized spacial score (nSPS) is 11.1. The number of halogens is 1. The molecule has 0 amide bonds. The lowest BCUT2D eigenvalue weighted by Gasteiger charge is -2.13. The molecule has 6 nitrogen and oxygen atoms in total. The minimum absolute atomic E-state index is 0.379. The van der Waals surface area contributed by atoms with Crippen molar-refractivity contribution >= 4 is 30.0 Å². The van der Waals surface area contributed by atoms with E-state index in [1.54, 1.807) is 18.0 Å². The van der Waals surface area contributed by atoms with E-state index in [0.29, 0.717) is 34.3 Å². The highest BCUT2D eigenvalue weighted by molar-refractivity contribution is 7.71. The van der Waals surface area contributed by atoms with Crippen LogP contribution >= 0.6 is 23.8 Å². The summed E-state index contributed by atoms with van der Waals surface area (Å²) in [4.78, 5) is 0. The predicted octanol–water partition coefficient (Wildman–Crippen LogP) is 4.63. The number of hydrogen-bond acceptors (Lipinski definition) is 5. The lowest BCUT2D eigenvalue weighted by Crippen LogP contribution is -2.02. The van der Waals surface area contributed by atoms with E-state index >= 15 is 0 Å². The molecule has 1 N–H and O–H groups in total. The number of aromatic nitrogens is 3. The number of nitrogens with zero attached hydrogens (tertiary/aromatic N) is 3. The smallest absolute Gasteiger partial charge is 0.216 e. The molecule has 3 rings (SSSR count). The second-order valence-electron chi connectivity index (χ2n) is 5.65. The highest BCUT2D eigenvalue weighted by Gasteiger charge is 2.10. The Balaban J connectivity index is 1.89. The summed E-state index contributed by atoms with van der Waals surface area (Å²) in [6.45, 7) is 2.37. The van der Waals surface area contributed by atoms with Gasteiger partial charge in [-0.15, -0.1) is 0 Å². The van der Waals surface area contributed by atoms with Gasteiger partial charge in [0.25, 0.3) is 0 Å². The zero-order valence-corrected chi connectivity index (χ0v) is 16.5. The van der Waals surface area contributed by atoms with Crippen molar-refractivity contribution in [3.05, 3.63) is 69.2 Å². The Kier molecular flexibility index (Phi) is 6.26. The quantitative estimate of drug-likeness (QED) is 0.462. The van der Waals surface area contributed by atoms with Crippen molar-refractivity contribution in [3.8, 4) is 11.5 Å². The first-order valence-electron chi connectivity index (χ1n) is 8.37. The minimum Gasteiger partial charge on any atom is -0.493 e. The number of aromatic amines is 1. The maximum Gasteiger partial charge on any atom is 0.216 e. The first-order chi connectivity index (χ1) is 13.1. The van der Waals surface area contributed by atoms with Crippen molar-refractivity contribution in [2.45, 2.75) is 20.0 Å². The molecule has 0 unspecified atom stereocenters. The van der Waals surface area contributed by atoms with Crippen molar-refractivity contribution in [3.63, 3.8) is 0 Å². The lowest BCUT2D eigenvalue weighted by molar-refractivity contribution is 0.284. The summed E-state index contributed by atoms with van der Waals surface area (Å²) in [5, 5.41) is 12.0. The number of benzene rings is 2. The highest BCUT2D eigenvalue weighted by Crippen LogP contribution is 2.31. The van der Waals surface area contributed by atoms with Gasteiger partial charge < -0.3 is 9.47 Å². The van der Waals surface area contributed by atoms with Crippen LogP contribution in [0.5, 0.6) is 11.5 Å². The van der Waals surface area contributed by atoms with Gasteiger partial charge in [0.15, 0.2) is 17.3 Å². The maximum absolute atomic E-state index is 6.02. The molecule has 0 aliphatic heterocycles. The van der Waals surface area contributed by atoms with Crippen molar-refractivity contribution < 1.29 is 9.47 Å². The largest absolute Gasteiger partial charge is 0.493 e. The average molecular weight is 403 g/mol. The maximum atomic E-state index is 6.02. The van der Waals surface area contributed by atoms with Crippen molar-refractivity contribution in [1.29, 1.82) is 0 Å². The Bertz CT molecular complexity index is 996. The fourth-order valence-electron chi connectivity index (χ4n) is 2.48. The number of nitrogens with one attached hydrogen (secondary N) is 1. The van der Waals surface area contributed by atoms with Crippen LogP contribution in [-0.4, -0.2) is 28.2 Å². The van der Waals surface area contributed by atoms with Crippen molar-refractivity contribution in [2.75, 3.05) is 7.11 Å². The molecule has 0 spiro atoms. The van der Waals surface area contributed by atoms with Gasteiger partial charge in [-0.25, -0.2) is 0 Å². The molecule has 0 saturated carbocycles. The first kappa shape index (κ1) is 19.1. The van der Waals surface area contributed by atoms with Crippen LogP contribution in [0.3, 0.4) is 0 Å². The van der Waals surface area contributed by atoms with Crippen molar-refractivity contribution in [2.24, 2.45) is 5.10 Å².